The van der Waals surface area contributed by atoms with Crippen LogP contribution in [-0.2, 0) is 9.59 Å². The van der Waals surface area contributed by atoms with Gasteiger partial charge < -0.3 is 14.2 Å². The minimum absolute atomic E-state index is 0.0236. The van der Waals surface area contributed by atoms with E-state index in [4.69, 9.17) is 14.2 Å². The second-order valence-corrected chi connectivity index (χ2v) is 7.66. The van der Waals surface area contributed by atoms with E-state index in [1.54, 1.807) is 24.3 Å². The first-order chi connectivity index (χ1) is 15.3. The number of thiazole rings is 1. The van der Waals surface area contributed by atoms with Crippen molar-refractivity contribution < 1.29 is 23.8 Å². The molecule has 4 rings (SSSR count). The third-order valence-electron chi connectivity index (χ3n) is 4.50. The molecule has 160 valence electrons. The van der Waals surface area contributed by atoms with Gasteiger partial charge in [-0.3, -0.25) is 14.4 Å². The van der Waals surface area contributed by atoms with Crippen molar-refractivity contribution in [2.24, 2.45) is 0 Å². The van der Waals surface area contributed by atoms with Gasteiger partial charge in [0.25, 0.3) is 5.56 Å². The molecular formula is C22H15N3O6S. The van der Waals surface area contributed by atoms with Crippen molar-refractivity contribution in [2.75, 3.05) is 7.11 Å². The molecule has 0 saturated heterocycles. The number of aromatic nitrogens is 2. The van der Waals surface area contributed by atoms with Crippen LogP contribution in [-0.4, -0.2) is 28.4 Å². The topological polar surface area (TPSA) is 120 Å². The molecule has 0 fully saturated rings. The van der Waals surface area contributed by atoms with Gasteiger partial charge in [-0.05, 0) is 24.3 Å². The molecule has 0 bridgehead atoms. The number of benzene rings is 2. The van der Waals surface area contributed by atoms with E-state index in [2.05, 4.69) is 4.98 Å². The summed E-state index contributed by atoms with van der Waals surface area (Å²) in [6, 6.07) is 11.7. The number of hydrogen-bond acceptors (Lipinski definition) is 9. The number of esters is 2. The Labute approximate surface area is 185 Å². The molecule has 10 heteroatoms. The molecule has 2 aromatic carbocycles. The van der Waals surface area contributed by atoms with Gasteiger partial charge in [0.2, 0.25) is 0 Å². The number of methoxy groups -OCH3 is 1. The Hall–Kier alpha value is -4.23. The molecule has 0 spiro atoms. The lowest BCUT2D eigenvalue weighted by molar-refractivity contribution is -0.134. The van der Waals surface area contributed by atoms with Gasteiger partial charge in [0.1, 0.15) is 17.4 Å². The van der Waals surface area contributed by atoms with Crippen LogP contribution in [0.25, 0.3) is 26.4 Å². The molecule has 32 heavy (non-hydrogen) atoms. The standard InChI is InChI=1S/C22H15N3O6S/c1-11(26)30-17-8-16-19(9-18(17)31-12(2)27)32-22-24-20(15(10-23)21(28)25(16)22)13-4-6-14(29-3)7-5-13/h4-9H,1-3H3. The van der Waals surface area contributed by atoms with Crippen LogP contribution in [0.1, 0.15) is 19.4 Å². The third-order valence-corrected chi connectivity index (χ3v) is 5.51. The number of rotatable bonds is 4. The monoisotopic (exact) mass is 449 g/mol. The number of carbonyl (C=O) groups is 2. The van der Waals surface area contributed by atoms with E-state index in [9.17, 15) is 19.6 Å². The summed E-state index contributed by atoms with van der Waals surface area (Å²) in [6.45, 7) is 2.43. The predicted octanol–water partition coefficient (Wildman–Crippen LogP) is 3.31. The van der Waals surface area contributed by atoms with Crippen LogP contribution in [0.3, 0.4) is 0 Å². The molecule has 0 atom stereocenters. The van der Waals surface area contributed by atoms with Gasteiger partial charge in [-0.15, -0.1) is 0 Å². The predicted molar refractivity (Wildman–Crippen MR) is 116 cm³/mol. The summed E-state index contributed by atoms with van der Waals surface area (Å²) in [6.07, 6.45) is 0. The Bertz CT molecular complexity index is 1500. The molecular weight excluding hydrogens is 434 g/mol. The maximum Gasteiger partial charge on any atom is 0.308 e. The highest BCUT2D eigenvalue weighted by molar-refractivity contribution is 7.23. The quantitative estimate of drug-likeness (QED) is 0.344. The molecule has 2 heterocycles. The number of hydrogen-bond donors (Lipinski definition) is 0. The number of carbonyl (C=O) groups excluding carboxylic acids is 2. The fraction of sp³-hybridized carbons (Fsp3) is 0.136. The van der Waals surface area contributed by atoms with Crippen molar-refractivity contribution >= 4 is 38.5 Å². The molecule has 4 aromatic rings. The Balaban J connectivity index is 2.01. The summed E-state index contributed by atoms with van der Waals surface area (Å²) in [7, 11) is 1.54. The Morgan fingerprint density at radius 2 is 1.69 bits per heavy atom. The summed E-state index contributed by atoms with van der Waals surface area (Å²) < 4.78 is 17.3. The molecule has 2 aromatic heterocycles. The van der Waals surface area contributed by atoms with Crippen molar-refractivity contribution in [2.45, 2.75) is 13.8 Å². The Morgan fingerprint density at radius 3 is 2.25 bits per heavy atom. The van der Waals surface area contributed by atoms with Gasteiger partial charge in [-0.2, -0.15) is 5.26 Å². The molecule has 9 nitrogen and oxygen atoms in total. The van der Waals surface area contributed by atoms with E-state index < -0.39 is 17.5 Å². The van der Waals surface area contributed by atoms with Crippen LogP contribution in [0.4, 0.5) is 0 Å². The largest absolute Gasteiger partial charge is 0.497 e. The Morgan fingerprint density at radius 1 is 1.06 bits per heavy atom. The molecule has 0 unspecified atom stereocenters. The number of ether oxygens (including phenoxy) is 3. The zero-order chi connectivity index (χ0) is 23.0. The van der Waals surface area contributed by atoms with Gasteiger partial charge in [0.05, 0.1) is 23.0 Å². The van der Waals surface area contributed by atoms with Crippen LogP contribution in [0.15, 0.2) is 41.2 Å². The third kappa shape index (κ3) is 3.66. The van der Waals surface area contributed by atoms with E-state index in [0.29, 0.717) is 26.5 Å². The van der Waals surface area contributed by atoms with E-state index in [1.807, 2.05) is 6.07 Å². The first-order valence-electron chi connectivity index (χ1n) is 9.27. The molecule has 0 aliphatic heterocycles. The Kier molecular flexibility index (Phi) is 5.34. The highest BCUT2D eigenvalue weighted by Gasteiger charge is 2.21. The van der Waals surface area contributed by atoms with Crippen LogP contribution in [0, 0.1) is 11.3 Å². The lowest BCUT2D eigenvalue weighted by Crippen LogP contribution is -2.18. The first kappa shape index (κ1) is 21.0. The van der Waals surface area contributed by atoms with Crippen molar-refractivity contribution in [3.63, 3.8) is 0 Å². The lowest BCUT2D eigenvalue weighted by Gasteiger charge is -2.09. The summed E-state index contributed by atoms with van der Waals surface area (Å²) in [4.78, 5) is 41.1. The SMILES string of the molecule is COc1ccc(-c2nc3sc4cc(OC(C)=O)c(OC(C)=O)cc4n3c(=O)c2C#N)cc1. The van der Waals surface area contributed by atoms with Crippen LogP contribution in [0.5, 0.6) is 17.2 Å². The zero-order valence-electron chi connectivity index (χ0n) is 17.2. The van der Waals surface area contributed by atoms with Gasteiger partial charge in [0.15, 0.2) is 16.5 Å². The summed E-state index contributed by atoms with van der Waals surface area (Å²) in [5.74, 6) is -0.576. The molecule has 0 radical (unpaired) electrons. The fourth-order valence-electron chi connectivity index (χ4n) is 3.20. The summed E-state index contributed by atoms with van der Waals surface area (Å²) in [5.41, 5.74) is 0.495. The highest BCUT2D eigenvalue weighted by atomic mass is 32.1. The van der Waals surface area contributed by atoms with Crippen molar-refractivity contribution in [3.8, 4) is 34.6 Å². The molecule has 0 N–H and O–H groups in total. The smallest absolute Gasteiger partial charge is 0.308 e. The minimum Gasteiger partial charge on any atom is -0.497 e. The van der Waals surface area contributed by atoms with E-state index in [0.717, 1.165) is 0 Å². The van der Waals surface area contributed by atoms with Gasteiger partial charge in [-0.1, -0.05) is 11.3 Å². The minimum atomic E-state index is -0.623. The first-order valence-corrected chi connectivity index (χ1v) is 10.1. The average molecular weight is 449 g/mol. The number of nitriles is 1. The average Bonchev–Trinajstić information content (AvgIpc) is 3.10. The van der Waals surface area contributed by atoms with Crippen LogP contribution < -0.4 is 19.8 Å². The maximum atomic E-state index is 13.2. The van der Waals surface area contributed by atoms with Crippen LogP contribution >= 0.6 is 11.3 Å². The van der Waals surface area contributed by atoms with Gasteiger partial charge in [0, 0.05) is 31.5 Å². The van der Waals surface area contributed by atoms with Crippen molar-refractivity contribution in [1.29, 1.82) is 5.26 Å². The number of fused-ring (bicyclic) bond motifs is 3. The van der Waals surface area contributed by atoms with E-state index in [1.165, 1.54) is 48.8 Å². The zero-order valence-corrected chi connectivity index (χ0v) is 18.0. The second kappa shape index (κ2) is 8.13. The molecule has 0 saturated carbocycles. The van der Waals surface area contributed by atoms with E-state index in [-0.39, 0.29) is 22.8 Å². The van der Waals surface area contributed by atoms with Gasteiger partial charge in [-0.25, -0.2) is 9.38 Å². The van der Waals surface area contributed by atoms with E-state index >= 15 is 0 Å². The fourth-order valence-corrected chi connectivity index (χ4v) is 4.22. The molecule has 0 aliphatic carbocycles. The van der Waals surface area contributed by atoms with Crippen LogP contribution in [0.2, 0.25) is 0 Å². The second-order valence-electron chi connectivity index (χ2n) is 6.65. The van der Waals surface area contributed by atoms with Crippen molar-refractivity contribution in [1.82, 2.24) is 9.38 Å². The maximum absolute atomic E-state index is 13.2. The summed E-state index contributed by atoms with van der Waals surface area (Å²) >= 11 is 1.17. The molecule has 0 amide bonds. The highest BCUT2D eigenvalue weighted by Crippen LogP contribution is 2.37. The van der Waals surface area contributed by atoms with Crippen molar-refractivity contribution in [3.05, 3.63) is 52.3 Å². The molecule has 0 aliphatic rings. The lowest BCUT2D eigenvalue weighted by atomic mass is 10.1. The summed E-state index contributed by atoms with van der Waals surface area (Å²) in [5, 5.41) is 9.70. The van der Waals surface area contributed by atoms with Gasteiger partial charge >= 0.3 is 11.9 Å². The number of nitrogens with zero attached hydrogens (tertiary/aromatic N) is 3. The normalized spacial score (nSPS) is 10.7.